The standard InChI is InChI=1S/C28H31N3S/c1-5-13-23(14-6-1)19-21-29-20-11-4-12-22-32-28-30-26(24-15-7-2-8-16-24)27(31-28)25-17-9-3-10-18-25/h1-3,5-10,13-18,29H,4,11-12,19-22H2,(H,30,31). The highest BCUT2D eigenvalue weighted by atomic mass is 32.2. The summed E-state index contributed by atoms with van der Waals surface area (Å²) in [6.07, 6.45) is 4.76. The van der Waals surface area contributed by atoms with Gasteiger partial charge in [0.2, 0.25) is 0 Å². The van der Waals surface area contributed by atoms with Gasteiger partial charge in [-0.05, 0) is 37.9 Å². The van der Waals surface area contributed by atoms with E-state index in [2.05, 4.69) is 89.2 Å². The summed E-state index contributed by atoms with van der Waals surface area (Å²) in [6, 6.07) is 31.6. The van der Waals surface area contributed by atoms with Gasteiger partial charge in [-0.1, -0.05) is 109 Å². The quantitative estimate of drug-likeness (QED) is 0.187. The van der Waals surface area contributed by atoms with Crippen molar-refractivity contribution in [2.75, 3.05) is 18.8 Å². The minimum Gasteiger partial charge on any atom is -0.332 e. The zero-order chi connectivity index (χ0) is 21.8. The van der Waals surface area contributed by atoms with Crippen LogP contribution >= 0.6 is 11.8 Å². The van der Waals surface area contributed by atoms with Crippen molar-refractivity contribution >= 4 is 11.8 Å². The minimum absolute atomic E-state index is 1.00. The highest BCUT2D eigenvalue weighted by molar-refractivity contribution is 7.99. The van der Waals surface area contributed by atoms with Crippen LogP contribution in [-0.2, 0) is 6.42 Å². The number of nitrogens with one attached hydrogen (secondary N) is 2. The molecule has 0 saturated carbocycles. The molecule has 0 spiro atoms. The first-order valence-electron chi connectivity index (χ1n) is 11.5. The Kier molecular flexibility index (Phi) is 8.58. The molecule has 0 aliphatic rings. The Morgan fingerprint density at radius 1 is 0.688 bits per heavy atom. The number of nitrogens with zero attached hydrogens (tertiary/aromatic N) is 1. The first-order valence-corrected chi connectivity index (χ1v) is 12.5. The molecule has 2 N–H and O–H groups in total. The smallest absolute Gasteiger partial charge is 0.166 e. The lowest BCUT2D eigenvalue weighted by Gasteiger charge is -2.05. The fraction of sp³-hybridized carbons (Fsp3) is 0.250. The van der Waals surface area contributed by atoms with Crippen molar-refractivity contribution in [3.63, 3.8) is 0 Å². The van der Waals surface area contributed by atoms with E-state index in [-0.39, 0.29) is 0 Å². The van der Waals surface area contributed by atoms with Crippen LogP contribution in [0.5, 0.6) is 0 Å². The van der Waals surface area contributed by atoms with E-state index >= 15 is 0 Å². The third-order valence-corrected chi connectivity index (χ3v) is 6.42. The molecule has 0 radical (unpaired) electrons. The van der Waals surface area contributed by atoms with Crippen molar-refractivity contribution in [1.82, 2.24) is 15.3 Å². The lowest BCUT2D eigenvalue weighted by atomic mass is 10.1. The van der Waals surface area contributed by atoms with Gasteiger partial charge in [0.1, 0.15) is 0 Å². The van der Waals surface area contributed by atoms with Gasteiger partial charge in [-0.3, -0.25) is 0 Å². The van der Waals surface area contributed by atoms with E-state index in [1.807, 2.05) is 23.9 Å². The van der Waals surface area contributed by atoms with E-state index in [1.54, 1.807) is 0 Å². The first kappa shape index (κ1) is 22.4. The number of hydrogen-bond acceptors (Lipinski definition) is 3. The van der Waals surface area contributed by atoms with Crippen LogP contribution in [0.15, 0.2) is 96.2 Å². The molecule has 3 aromatic carbocycles. The van der Waals surface area contributed by atoms with Gasteiger partial charge < -0.3 is 10.3 Å². The summed E-state index contributed by atoms with van der Waals surface area (Å²) in [4.78, 5) is 8.51. The maximum Gasteiger partial charge on any atom is 0.166 e. The van der Waals surface area contributed by atoms with Crippen LogP contribution in [0, 0.1) is 0 Å². The summed E-state index contributed by atoms with van der Waals surface area (Å²) in [6.45, 7) is 2.14. The van der Waals surface area contributed by atoms with Crippen LogP contribution in [0.2, 0.25) is 0 Å². The van der Waals surface area contributed by atoms with Gasteiger partial charge in [0, 0.05) is 16.9 Å². The molecule has 0 saturated heterocycles. The molecule has 164 valence electrons. The van der Waals surface area contributed by atoms with Crippen molar-refractivity contribution in [3.05, 3.63) is 96.6 Å². The maximum absolute atomic E-state index is 4.94. The minimum atomic E-state index is 1.00. The Balaban J connectivity index is 1.22. The number of unbranched alkanes of at least 4 members (excludes halogenated alkanes) is 2. The number of imidazole rings is 1. The zero-order valence-corrected chi connectivity index (χ0v) is 19.3. The number of thioether (sulfide) groups is 1. The Bertz CT molecular complexity index is 989. The van der Waals surface area contributed by atoms with Crippen LogP contribution in [0.1, 0.15) is 24.8 Å². The molecular weight excluding hydrogens is 410 g/mol. The van der Waals surface area contributed by atoms with Gasteiger partial charge in [-0.2, -0.15) is 0 Å². The molecule has 0 aliphatic heterocycles. The SMILES string of the molecule is c1ccc(CCNCCCCCSc2nc(-c3ccccc3)c(-c3ccccc3)[nH]2)cc1. The fourth-order valence-corrected chi connectivity index (χ4v) is 4.61. The number of hydrogen-bond donors (Lipinski definition) is 2. The predicted molar refractivity (Wildman–Crippen MR) is 137 cm³/mol. The average molecular weight is 442 g/mol. The molecule has 0 amide bonds. The number of rotatable bonds is 12. The van der Waals surface area contributed by atoms with E-state index in [4.69, 9.17) is 4.98 Å². The number of H-pyrrole nitrogens is 1. The van der Waals surface area contributed by atoms with Crippen molar-refractivity contribution in [2.45, 2.75) is 30.8 Å². The summed E-state index contributed by atoms with van der Waals surface area (Å²) < 4.78 is 0. The van der Waals surface area contributed by atoms with Crippen LogP contribution in [0.4, 0.5) is 0 Å². The van der Waals surface area contributed by atoms with Crippen molar-refractivity contribution < 1.29 is 0 Å². The predicted octanol–water partition coefficient (Wildman–Crippen LogP) is 6.84. The van der Waals surface area contributed by atoms with Gasteiger partial charge in [-0.15, -0.1) is 0 Å². The zero-order valence-electron chi connectivity index (χ0n) is 18.5. The second-order valence-electron chi connectivity index (χ2n) is 7.89. The van der Waals surface area contributed by atoms with Gasteiger partial charge in [0.15, 0.2) is 5.16 Å². The highest BCUT2D eigenvalue weighted by Crippen LogP contribution is 2.32. The van der Waals surface area contributed by atoms with E-state index in [0.29, 0.717) is 0 Å². The molecule has 0 unspecified atom stereocenters. The molecule has 0 aliphatic carbocycles. The molecule has 32 heavy (non-hydrogen) atoms. The number of aromatic amines is 1. The van der Waals surface area contributed by atoms with E-state index in [0.717, 1.165) is 47.4 Å². The highest BCUT2D eigenvalue weighted by Gasteiger charge is 2.14. The van der Waals surface area contributed by atoms with Crippen molar-refractivity contribution in [3.8, 4) is 22.5 Å². The molecule has 1 aromatic heterocycles. The molecule has 0 atom stereocenters. The molecule has 4 heteroatoms. The normalized spacial score (nSPS) is 11.0. The van der Waals surface area contributed by atoms with Crippen LogP contribution < -0.4 is 5.32 Å². The van der Waals surface area contributed by atoms with Gasteiger partial charge in [-0.25, -0.2) is 4.98 Å². The summed E-state index contributed by atoms with van der Waals surface area (Å²) in [5.41, 5.74) is 5.85. The third kappa shape index (κ3) is 6.59. The Labute approximate surface area is 195 Å². The van der Waals surface area contributed by atoms with Gasteiger partial charge in [0.05, 0.1) is 11.4 Å². The Morgan fingerprint density at radius 2 is 1.34 bits per heavy atom. The van der Waals surface area contributed by atoms with Crippen molar-refractivity contribution in [1.29, 1.82) is 0 Å². The van der Waals surface area contributed by atoms with E-state index in [1.165, 1.54) is 30.4 Å². The number of benzene rings is 3. The summed E-state index contributed by atoms with van der Waals surface area (Å²) >= 11 is 1.82. The molecule has 3 nitrogen and oxygen atoms in total. The fourth-order valence-electron chi connectivity index (χ4n) is 3.74. The van der Waals surface area contributed by atoms with Crippen molar-refractivity contribution in [2.24, 2.45) is 0 Å². The van der Waals surface area contributed by atoms with Gasteiger partial charge >= 0.3 is 0 Å². The summed E-state index contributed by atoms with van der Waals surface area (Å²) in [7, 11) is 0. The number of aromatic nitrogens is 2. The topological polar surface area (TPSA) is 40.7 Å². The monoisotopic (exact) mass is 441 g/mol. The summed E-state index contributed by atoms with van der Waals surface area (Å²) in [5, 5.41) is 4.57. The second kappa shape index (κ2) is 12.3. The van der Waals surface area contributed by atoms with Crippen LogP contribution in [0.3, 0.4) is 0 Å². The lowest BCUT2D eigenvalue weighted by molar-refractivity contribution is 0.618. The molecule has 4 aromatic rings. The van der Waals surface area contributed by atoms with Gasteiger partial charge in [0.25, 0.3) is 0 Å². The van der Waals surface area contributed by atoms with Crippen LogP contribution in [-0.4, -0.2) is 28.8 Å². The Morgan fingerprint density at radius 3 is 2.06 bits per heavy atom. The Hall–Kier alpha value is -2.82. The first-order chi connectivity index (χ1) is 15.9. The van der Waals surface area contributed by atoms with E-state index in [9.17, 15) is 0 Å². The molecule has 4 rings (SSSR count). The second-order valence-corrected chi connectivity index (χ2v) is 8.98. The average Bonchev–Trinajstić information content (AvgIpc) is 3.29. The largest absolute Gasteiger partial charge is 0.332 e. The van der Waals surface area contributed by atoms with E-state index < -0.39 is 0 Å². The lowest BCUT2D eigenvalue weighted by Crippen LogP contribution is -2.18. The molecule has 0 fully saturated rings. The van der Waals surface area contributed by atoms with Crippen LogP contribution in [0.25, 0.3) is 22.5 Å². The molecule has 1 heterocycles. The third-order valence-electron chi connectivity index (χ3n) is 5.46. The molecule has 0 bridgehead atoms. The maximum atomic E-state index is 4.94. The molecular formula is C28H31N3S. The summed E-state index contributed by atoms with van der Waals surface area (Å²) in [5.74, 6) is 1.08.